The summed E-state index contributed by atoms with van der Waals surface area (Å²) >= 11 is 1.41. The van der Waals surface area contributed by atoms with Gasteiger partial charge in [0.25, 0.3) is 5.91 Å². The Bertz CT molecular complexity index is 1480. The molecule has 1 N–H and O–H groups in total. The third kappa shape index (κ3) is 3.38. The van der Waals surface area contributed by atoms with E-state index >= 15 is 0 Å². The highest BCUT2D eigenvalue weighted by Gasteiger charge is 2.27. The highest BCUT2D eigenvalue weighted by molar-refractivity contribution is 7.16. The summed E-state index contributed by atoms with van der Waals surface area (Å²) in [6.07, 6.45) is 0.771. The quantitative estimate of drug-likeness (QED) is 0.360. The Hall–Kier alpha value is -3.47. The van der Waals surface area contributed by atoms with E-state index in [1.54, 1.807) is 12.1 Å². The number of nitrogens with zero attached hydrogens (tertiary/aromatic N) is 2. The van der Waals surface area contributed by atoms with Crippen LogP contribution in [0.15, 0.2) is 51.7 Å². The van der Waals surface area contributed by atoms with E-state index in [0.29, 0.717) is 27.6 Å². The van der Waals surface area contributed by atoms with E-state index in [4.69, 9.17) is 4.42 Å². The second-order valence-electron chi connectivity index (χ2n) is 8.23. The number of benzene rings is 2. The number of nitrogens with one attached hydrogen (secondary N) is 1. The van der Waals surface area contributed by atoms with Crippen molar-refractivity contribution in [3.63, 3.8) is 0 Å². The van der Waals surface area contributed by atoms with Crippen LogP contribution in [0.4, 0.5) is 5.00 Å². The summed E-state index contributed by atoms with van der Waals surface area (Å²) in [7, 11) is 0. The van der Waals surface area contributed by atoms with E-state index in [0.717, 1.165) is 40.7 Å². The fourth-order valence-corrected chi connectivity index (χ4v) is 5.49. The van der Waals surface area contributed by atoms with Gasteiger partial charge in [0.05, 0.1) is 5.56 Å². The van der Waals surface area contributed by atoms with Gasteiger partial charge in [-0.2, -0.15) is 5.26 Å². The number of rotatable bonds is 3. The molecule has 2 aromatic carbocycles. The zero-order valence-corrected chi connectivity index (χ0v) is 18.6. The molecule has 0 atom stereocenters. The van der Waals surface area contributed by atoms with Crippen molar-refractivity contribution >= 4 is 44.0 Å². The minimum atomic E-state index is -0.698. The smallest absolute Gasteiger partial charge is 0.349 e. The zero-order valence-electron chi connectivity index (χ0n) is 17.8. The van der Waals surface area contributed by atoms with Crippen LogP contribution in [0.1, 0.15) is 40.2 Å². The summed E-state index contributed by atoms with van der Waals surface area (Å²) in [5.41, 5.74) is 1.16. The van der Waals surface area contributed by atoms with E-state index in [2.05, 4.69) is 30.1 Å². The minimum Gasteiger partial charge on any atom is -0.422 e. The number of anilines is 1. The molecule has 0 saturated carbocycles. The van der Waals surface area contributed by atoms with Gasteiger partial charge in [-0.3, -0.25) is 9.69 Å². The molecule has 2 aromatic heterocycles. The maximum absolute atomic E-state index is 13.1. The van der Waals surface area contributed by atoms with Crippen LogP contribution in [0.3, 0.4) is 0 Å². The predicted octanol–water partition coefficient (Wildman–Crippen LogP) is 4.90. The number of nitriles is 1. The molecule has 1 aliphatic heterocycles. The summed E-state index contributed by atoms with van der Waals surface area (Å²) < 4.78 is 5.45. The van der Waals surface area contributed by atoms with Crippen LogP contribution < -0.4 is 10.9 Å². The summed E-state index contributed by atoms with van der Waals surface area (Å²) in [6, 6.07) is 15.6. The first-order valence-electron chi connectivity index (χ1n) is 10.5. The van der Waals surface area contributed by atoms with Crippen molar-refractivity contribution in [3.8, 4) is 6.07 Å². The highest BCUT2D eigenvalue weighted by atomic mass is 32.1. The van der Waals surface area contributed by atoms with E-state index < -0.39 is 11.5 Å². The molecule has 4 aromatic rings. The van der Waals surface area contributed by atoms with Gasteiger partial charge in [-0.05, 0) is 48.7 Å². The van der Waals surface area contributed by atoms with Gasteiger partial charge in [0.2, 0.25) is 0 Å². The van der Waals surface area contributed by atoms with Gasteiger partial charge in [-0.25, -0.2) is 4.79 Å². The van der Waals surface area contributed by atoms with Crippen molar-refractivity contribution in [3.05, 3.63) is 74.5 Å². The number of fused-ring (bicyclic) bond motifs is 4. The van der Waals surface area contributed by atoms with Crippen LogP contribution in [0.2, 0.25) is 0 Å². The van der Waals surface area contributed by atoms with Gasteiger partial charge in [-0.15, -0.1) is 11.3 Å². The topological polar surface area (TPSA) is 86.3 Å². The lowest BCUT2D eigenvalue weighted by atomic mass is 10.0. The second kappa shape index (κ2) is 7.90. The molecular weight excluding hydrogens is 422 g/mol. The van der Waals surface area contributed by atoms with E-state index in [-0.39, 0.29) is 5.56 Å². The molecule has 0 aliphatic carbocycles. The molecule has 32 heavy (non-hydrogen) atoms. The van der Waals surface area contributed by atoms with Crippen LogP contribution in [0.25, 0.3) is 21.7 Å². The van der Waals surface area contributed by atoms with E-state index in [1.165, 1.54) is 11.3 Å². The Balaban J connectivity index is 1.53. The van der Waals surface area contributed by atoms with E-state index in [1.807, 2.05) is 30.3 Å². The van der Waals surface area contributed by atoms with Gasteiger partial charge in [-0.1, -0.05) is 30.3 Å². The standard InChI is InChI=1S/C25H21N3O3S/c1-14(2)28-10-9-17-20(12-26)24(32-22(17)13-28)27-23(29)19-11-18-16-6-4-3-5-15(16)7-8-21(18)31-25(19)30/h3-8,11,14H,9-10,13H2,1-2H3,(H,27,29). The Morgan fingerprint density at radius 1 is 1.22 bits per heavy atom. The first-order chi connectivity index (χ1) is 15.5. The fraction of sp³-hybridized carbons (Fsp3) is 0.240. The first-order valence-corrected chi connectivity index (χ1v) is 11.3. The van der Waals surface area contributed by atoms with Crippen LogP contribution in [-0.4, -0.2) is 23.4 Å². The van der Waals surface area contributed by atoms with Crippen molar-refractivity contribution < 1.29 is 9.21 Å². The third-order valence-electron chi connectivity index (χ3n) is 6.04. The zero-order chi connectivity index (χ0) is 22.4. The molecule has 0 unspecified atom stereocenters. The van der Waals surface area contributed by atoms with Gasteiger partial charge in [0, 0.05) is 29.4 Å². The maximum atomic E-state index is 13.1. The van der Waals surface area contributed by atoms with Gasteiger partial charge < -0.3 is 9.73 Å². The highest BCUT2D eigenvalue weighted by Crippen LogP contribution is 2.37. The summed E-state index contributed by atoms with van der Waals surface area (Å²) in [6.45, 7) is 5.93. The van der Waals surface area contributed by atoms with Crippen LogP contribution in [0, 0.1) is 11.3 Å². The molecule has 0 fully saturated rings. The number of hydrogen-bond acceptors (Lipinski definition) is 6. The minimum absolute atomic E-state index is 0.0760. The Labute approximate surface area is 188 Å². The average Bonchev–Trinajstić information content (AvgIpc) is 3.14. The number of hydrogen-bond donors (Lipinski definition) is 1. The van der Waals surface area contributed by atoms with Crippen LogP contribution >= 0.6 is 11.3 Å². The summed E-state index contributed by atoms with van der Waals surface area (Å²) in [5, 5.41) is 15.6. The van der Waals surface area contributed by atoms with Gasteiger partial charge >= 0.3 is 5.63 Å². The van der Waals surface area contributed by atoms with Crippen molar-refractivity contribution in [2.45, 2.75) is 32.9 Å². The number of carbonyl (C=O) groups excluding carboxylic acids is 1. The fourth-order valence-electron chi connectivity index (χ4n) is 4.27. The first kappa shape index (κ1) is 20.4. The molecule has 160 valence electrons. The summed E-state index contributed by atoms with van der Waals surface area (Å²) in [4.78, 5) is 29.1. The maximum Gasteiger partial charge on any atom is 0.349 e. The number of amides is 1. The van der Waals surface area contributed by atoms with Crippen LogP contribution in [-0.2, 0) is 13.0 Å². The Morgan fingerprint density at radius 3 is 2.81 bits per heavy atom. The van der Waals surface area contributed by atoms with Crippen molar-refractivity contribution in [2.75, 3.05) is 11.9 Å². The largest absolute Gasteiger partial charge is 0.422 e. The molecule has 0 spiro atoms. The Kier molecular flexibility index (Phi) is 5.04. The molecule has 0 saturated heterocycles. The molecule has 6 nitrogen and oxygen atoms in total. The molecule has 5 rings (SSSR count). The average molecular weight is 444 g/mol. The lowest BCUT2D eigenvalue weighted by molar-refractivity contribution is 0.102. The van der Waals surface area contributed by atoms with Gasteiger partial charge in [0.1, 0.15) is 22.2 Å². The van der Waals surface area contributed by atoms with E-state index in [9.17, 15) is 14.9 Å². The van der Waals surface area contributed by atoms with Crippen molar-refractivity contribution in [2.24, 2.45) is 0 Å². The van der Waals surface area contributed by atoms with Crippen LogP contribution in [0.5, 0.6) is 0 Å². The Morgan fingerprint density at radius 2 is 2.03 bits per heavy atom. The van der Waals surface area contributed by atoms with Gasteiger partial charge in [0.15, 0.2) is 0 Å². The monoisotopic (exact) mass is 443 g/mol. The predicted molar refractivity (Wildman–Crippen MR) is 126 cm³/mol. The van der Waals surface area contributed by atoms with Crippen molar-refractivity contribution in [1.29, 1.82) is 5.26 Å². The lowest BCUT2D eigenvalue weighted by Gasteiger charge is -2.30. The second-order valence-corrected chi connectivity index (χ2v) is 9.34. The molecule has 1 aliphatic rings. The normalized spacial score (nSPS) is 13.9. The number of thiophene rings is 1. The number of carbonyl (C=O) groups is 1. The third-order valence-corrected chi connectivity index (χ3v) is 7.17. The molecule has 1 amide bonds. The lowest BCUT2D eigenvalue weighted by Crippen LogP contribution is -2.35. The van der Waals surface area contributed by atoms with Crippen molar-refractivity contribution in [1.82, 2.24) is 4.90 Å². The molecular formula is C25H21N3O3S. The molecule has 0 bridgehead atoms. The molecule has 7 heteroatoms. The summed E-state index contributed by atoms with van der Waals surface area (Å²) in [5.74, 6) is -0.565. The molecule has 3 heterocycles. The molecule has 0 radical (unpaired) electrons. The SMILES string of the molecule is CC(C)N1CCc2c(sc(NC(=O)c3cc4c(ccc5ccccc54)oc3=O)c2C#N)C1.